The Morgan fingerprint density at radius 1 is 1.28 bits per heavy atom. The third-order valence-electron chi connectivity index (χ3n) is 4.41. The molecule has 0 saturated carbocycles. The number of likely N-dealkylation sites (tertiary alicyclic amines) is 1. The summed E-state index contributed by atoms with van der Waals surface area (Å²) < 4.78 is 0. The highest BCUT2D eigenvalue weighted by molar-refractivity contribution is 7.98. The van der Waals surface area contributed by atoms with Crippen LogP contribution in [0.2, 0.25) is 10.0 Å². The van der Waals surface area contributed by atoms with Crippen molar-refractivity contribution in [2.24, 2.45) is 0 Å². The van der Waals surface area contributed by atoms with Crippen molar-refractivity contribution in [3.05, 3.63) is 57.8 Å². The molecule has 1 fully saturated rings. The Balaban J connectivity index is 1.72. The van der Waals surface area contributed by atoms with E-state index in [0.29, 0.717) is 27.4 Å². The van der Waals surface area contributed by atoms with Gasteiger partial charge in [-0.15, -0.1) is 11.8 Å². The maximum Gasteiger partial charge on any atom is 0.255 e. The Labute approximate surface area is 162 Å². The lowest BCUT2D eigenvalue weighted by Gasteiger charge is -2.33. The lowest BCUT2D eigenvalue weighted by Crippen LogP contribution is -2.42. The zero-order chi connectivity index (χ0) is 17.8. The molecule has 1 saturated heterocycles. The first-order valence-electron chi connectivity index (χ1n) is 8.38. The van der Waals surface area contributed by atoms with Crippen molar-refractivity contribution in [2.75, 3.05) is 6.54 Å². The summed E-state index contributed by atoms with van der Waals surface area (Å²) >= 11 is 14.0. The summed E-state index contributed by atoms with van der Waals surface area (Å²) in [4.78, 5) is 19.9. The number of pyridine rings is 1. The van der Waals surface area contributed by atoms with E-state index in [1.54, 1.807) is 24.2 Å². The van der Waals surface area contributed by atoms with Gasteiger partial charge < -0.3 is 4.90 Å². The highest BCUT2D eigenvalue weighted by Gasteiger charge is 2.24. The standard InChI is InChI=1S/C19H20Cl2N2OS/c1-13-5-2-3-8-23(13)19(24)15-9-14(10-22-11-15)12-25-18-16(20)6-4-7-17(18)21/h4,6-7,9-11,13H,2-3,5,8,12H2,1H3. The molecule has 0 aliphatic carbocycles. The van der Waals surface area contributed by atoms with Crippen LogP contribution in [0.25, 0.3) is 0 Å². The maximum atomic E-state index is 12.8. The highest BCUT2D eigenvalue weighted by atomic mass is 35.5. The van der Waals surface area contributed by atoms with Crippen LogP contribution in [0.3, 0.4) is 0 Å². The fourth-order valence-corrected chi connectivity index (χ4v) is 4.63. The molecule has 0 N–H and O–H groups in total. The minimum Gasteiger partial charge on any atom is -0.336 e. The predicted molar refractivity (Wildman–Crippen MR) is 105 cm³/mol. The molecule has 3 rings (SSSR count). The first-order chi connectivity index (χ1) is 12.1. The second-order valence-corrected chi connectivity index (χ2v) is 8.06. The van der Waals surface area contributed by atoms with Crippen LogP contribution in [0.1, 0.15) is 42.1 Å². The molecule has 3 nitrogen and oxygen atoms in total. The van der Waals surface area contributed by atoms with Gasteiger partial charge in [-0.3, -0.25) is 9.78 Å². The van der Waals surface area contributed by atoms with Crippen molar-refractivity contribution in [1.82, 2.24) is 9.88 Å². The van der Waals surface area contributed by atoms with Crippen molar-refractivity contribution in [3.63, 3.8) is 0 Å². The molecule has 25 heavy (non-hydrogen) atoms. The van der Waals surface area contributed by atoms with Gasteiger partial charge in [-0.05, 0) is 49.9 Å². The molecular formula is C19H20Cl2N2OS. The summed E-state index contributed by atoms with van der Waals surface area (Å²) in [5.74, 6) is 0.731. The largest absolute Gasteiger partial charge is 0.336 e. The van der Waals surface area contributed by atoms with Crippen LogP contribution >= 0.6 is 35.0 Å². The molecule has 1 aliphatic heterocycles. The number of hydrogen-bond donors (Lipinski definition) is 0. The number of halogens is 2. The Kier molecular flexibility index (Phi) is 6.26. The van der Waals surface area contributed by atoms with Gasteiger partial charge in [0.1, 0.15) is 0 Å². The number of carbonyl (C=O) groups is 1. The number of aromatic nitrogens is 1. The van der Waals surface area contributed by atoms with Crippen LogP contribution in [-0.2, 0) is 5.75 Å². The third kappa shape index (κ3) is 4.49. The second kappa shape index (κ2) is 8.43. The molecule has 2 aromatic rings. The summed E-state index contributed by atoms with van der Waals surface area (Å²) in [6.45, 7) is 2.94. The molecule has 0 bridgehead atoms. The van der Waals surface area contributed by atoms with Gasteiger partial charge in [0.05, 0.1) is 15.6 Å². The van der Waals surface area contributed by atoms with E-state index in [2.05, 4.69) is 11.9 Å². The smallest absolute Gasteiger partial charge is 0.255 e. The molecular weight excluding hydrogens is 375 g/mol. The van der Waals surface area contributed by atoms with E-state index in [9.17, 15) is 4.79 Å². The number of hydrogen-bond acceptors (Lipinski definition) is 3. The lowest BCUT2D eigenvalue weighted by atomic mass is 10.0. The second-order valence-electron chi connectivity index (χ2n) is 6.26. The molecule has 1 aliphatic rings. The van der Waals surface area contributed by atoms with Crippen LogP contribution in [-0.4, -0.2) is 28.4 Å². The molecule has 1 atom stereocenters. The van der Waals surface area contributed by atoms with E-state index in [1.807, 2.05) is 29.2 Å². The van der Waals surface area contributed by atoms with Gasteiger partial charge in [-0.1, -0.05) is 29.3 Å². The number of nitrogens with zero attached hydrogens (tertiary/aromatic N) is 2. The molecule has 132 valence electrons. The van der Waals surface area contributed by atoms with Gasteiger partial charge in [-0.2, -0.15) is 0 Å². The molecule has 1 aromatic heterocycles. The first kappa shape index (κ1) is 18.6. The van der Waals surface area contributed by atoms with E-state index < -0.39 is 0 Å². The van der Waals surface area contributed by atoms with Crippen molar-refractivity contribution in [1.29, 1.82) is 0 Å². The molecule has 1 amide bonds. The number of amides is 1. The van der Waals surface area contributed by atoms with Crippen molar-refractivity contribution < 1.29 is 4.79 Å². The van der Waals surface area contributed by atoms with E-state index in [0.717, 1.165) is 29.8 Å². The van der Waals surface area contributed by atoms with Gasteiger partial charge in [0, 0.05) is 35.6 Å². The van der Waals surface area contributed by atoms with E-state index in [-0.39, 0.29) is 5.91 Å². The van der Waals surface area contributed by atoms with Gasteiger partial charge in [0.25, 0.3) is 5.91 Å². The maximum absolute atomic E-state index is 12.8. The number of benzene rings is 1. The first-order valence-corrected chi connectivity index (χ1v) is 10.1. The SMILES string of the molecule is CC1CCCCN1C(=O)c1cncc(CSc2c(Cl)cccc2Cl)c1. The molecule has 0 radical (unpaired) electrons. The van der Waals surface area contributed by atoms with E-state index >= 15 is 0 Å². The van der Waals surface area contributed by atoms with Gasteiger partial charge >= 0.3 is 0 Å². The Bertz CT molecular complexity index is 749. The lowest BCUT2D eigenvalue weighted by molar-refractivity contribution is 0.0635. The van der Waals surface area contributed by atoms with Crippen molar-refractivity contribution >= 4 is 40.9 Å². The summed E-state index contributed by atoms with van der Waals surface area (Å²) in [6.07, 6.45) is 6.77. The van der Waals surface area contributed by atoms with Gasteiger partial charge in [0.15, 0.2) is 0 Å². The average molecular weight is 395 g/mol. The average Bonchev–Trinajstić information content (AvgIpc) is 2.61. The number of piperidine rings is 1. The Hall–Kier alpha value is -1.23. The molecule has 1 aromatic carbocycles. The Morgan fingerprint density at radius 2 is 2.04 bits per heavy atom. The highest BCUT2D eigenvalue weighted by Crippen LogP contribution is 2.35. The molecule has 6 heteroatoms. The topological polar surface area (TPSA) is 33.2 Å². The summed E-state index contributed by atoms with van der Waals surface area (Å²) in [6, 6.07) is 7.70. The van der Waals surface area contributed by atoms with E-state index in [4.69, 9.17) is 23.2 Å². The molecule has 0 spiro atoms. The Morgan fingerprint density at radius 3 is 2.76 bits per heavy atom. The fraction of sp³-hybridized carbons (Fsp3) is 0.368. The van der Waals surface area contributed by atoms with E-state index in [1.165, 1.54) is 6.42 Å². The number of carbonyl (C=O) groups excluding carboxylic acids is 1. The third-order valence-corrected chi connectivity index (χ3v) is 6.47. The number of thioether (sulfide) groups is 1. The van der Waals surface area contributed by atoms with Crippen LogP contribution in [0.4, 0.5) is 0 Å². The van der Waals surface area contributed by atoms with Gasteiger partial charge in [-0.25, -0.2) is 0 Å². The van der Waals surface area contributed by atoms with Gasteiger partial charge in [0.2, 0.25) is 0 Å². The van der Waals surface area contributed by atoms with Crippen LogP contribution < -0.4 is 0 Å². The fourth-order valence-electron chi connectivity index (χ4n) is 3.03. The van der Waals surface area contributed by atoms with Crippen molar-refractivity contribution in [2.45, 2.75) is 42.9 Å². The molecule has 1 unspecified atom stereocenters. The molecule has 2 heterocycles. The zero-order valence-electron chi connectivity index (χ0n) is 14.0. The quantitative estimate of drug-likeness (QED) is 0.623. The van der Waals surface area contributed by atoms with Crippen LogP contribution in [0.5, 0.6) is 0 Å². The van der Waals surface area contributed by atoms with Crippen LogP contribution in [0, 0.1) is 0 Å². The number of rotatable bonds is 4. The normalized spacial score (nSPS) is 17.6. The van der Waals surface area contributed by atoms with Crippen LogP contribution in [0.15, 0.2) is 41.6 Å². The monoisotopic (exact) mass is 394 g/mol. The summed E-state index contributed by atoms with van der Waals surface area (Å²) in [5, 5.41) is 1.28. The summed E-state index contributed by atoms with van der Waals surface area (Å²) in [7, 11) is 0. The summed E-state index contributed by atoms with van der Waals surface area (Å²) in [5.41, 5.74) is 1.63. The minimum atomic E-state index is 0.0716. The minimum absolute atomic E-state index is 0.0716. The zero-order valence-corrected chi connectivity index (χ0v) is 16.4. The van der Waals surface area contributed by atoms with Crippen molar-refractivity contribution in [3.8, 4) is 0 Å². The predicted octanol–water partition coefficient (Wildman–Crippen LogP) is 5.70.